The molecule has 1 aromatic rings. The molecule has 6 aliphatic carbocycles. The Bertz CT molecular complexity index is 675. The van der Waals surface area contributed by atoms with Crippen LogP contribution < -0.4 is 5.32 Å². The summed E-state index contributed by atoms with van der Waals surface area (Å²) in [6.45, 7) is 0.707. The highest BCUT2D eigenvalue weighted by Gasteiger charge is 2.79. The molecule has 2 nitrogen and oxygen atoms in total. The summed E-state index contributed by atoms with van der Waals surface area (Å²) < 4.78 is 13.7. The van der Waals surface area contributed by atoms with Crippen LogP contribution in [0.2, 0.25) is 0 Å². The lowest BCUT2D eigenvalue weighted by atomic mass is 9.71. The van der Waals surface area contributed by atoms with Crippen molar-refractivity contribution in [2.45, 2.75) is 19.3 Å². The van der Waals surface area contributed by atoms with Crippen molar-refractivity contribution in [1.29, 1.82) is 0 Å². The number of benzene rings is 1. The molecule has 6 fully saturated rings. The first-order valence-corrected chi connectivity index (χ1v) is 9.28. The predicted octanol–water partition coefficient (Wildman–Crippen LogP) is 3.34. The molecule has 1 N–H and O–H groups in total. The summed E-state index contributed by atoms with van der Waals surface area (Å²) in [5, 5.41) is 2.96. The van der Waals surface area contributed by atoms with E-state index in [1.54, 1.807) is 18.2 Å². The van der Waals surface area contributed by atoms with Gasteiger partial charge in [-0.3, -0.25) is 4.79 Å². The fourth-order valence-corrected chi connectivity index (χ4v) is 8.29. The van der Waals surface area contributed by atoms with Crippen molar-refractivity contribution in [1.82, 2.24) is 5.32 Å². The predicted molar refractivity (Wildman–Crippen MR) is 84.0 cm³/mol. The highest BCUT2D eigenvalue weighted by atomic mass is 19.1. The molecule has 0 spiro atoms. The molecule has 8 atom stereocenters. The van der Waals surface area contributed by atoms with E-state index in [0.717, 1.165) is 59.7 Å². The lowest BCUT2D eigenvalue weighted by Crippen LogP contribution is -2.30. The largest absolute Gasteiger partial charge is 0.352 e. The molecule has 0 aliphatic heterocycles. The van der Waals surface area contributed by atoms with Gasteiger partial charge in [0, 0.05) is 6.54 Å². The molecule has 1 amide bonds. The monoisotopic (exact) mass is 311 g/mol. The molecular formula is C20H22FNO. The van der Waals surface area contributed by atoms with Crippen LogP contribution >= 0.6 is 0 Å². The zero-order valence-electron chi connectivity index (χ0n) is 13.1. The number of rotatable bonds is 4. The molecule has 8 unspecified atom stereocenters. The van der Waals surface area contributed by atoms with Crippen LogP contribution in [0.3, 0.4) is 0 Å². The molecule has 1 aromatic carbocycles. The van der Waals surface area contributed by atoms with Gasteiger partial charge in [0.2, 0.25) is 0 Å². The van der Waals surface area contributed by atoms with E-state index in [2.05, 4.69) is 5.32 Å². The average molecular weight is 311 g/mol. The number of amides is 1. The van der Waals surface area contributed by atoms with Gasteiger partial charge >= 0.3 is 0 Å². The van der Waals surface area contributed by atoms with Crippen LogP contribution in [0.1, 0.15) is 29.6 Å². The van der Waals surface area contributed by atoms with Gasteiger partial charge in [-0.2, -0.15) is 0 Å². The molecule has 6 saturated carbocycles. The van der Waals surface area contributed by atoms with Gasteiger partial charge in [-0.15, -0.1) is 0 Å². The number of nitrogens with one attached hydrogen (secondary N) is 1. The molecule has 120 valence electrons. The lowest BCUT2D eigenvalue weighted by Gasteiger charge is -2.33. The number of halogens is 1. The zero-order valence-corrected chi connectivity index (χ0v) is 13.1. The summed E-state index contributed by atoms with van der Waals surface area (Å²) in [5.74, 6) is 8.43. The van der Waals surface area contributed by atoms with Gasteiger partial charge in [0.05, 0.1) is 5.56 Å². The van der Waals surface area contributed by atoms with Gasteiger partial charge in [-0.1, -0.05) is 12.1 Å². The topological polar surface area (TPSA) is 29.1 Å². The number of hydrogen-bond acceptors (Lipinski definition) is 1. The Hall–Kier alpha value is -1.38. The summed E-state index contributed by atoms with van der Waals surface area (Å²) in [7, 11) is 0. The maximum absolute atomic E-state index is 13.7. The first-order chi connectivity index (χ1) is 11.3. The van der Waals surface area contributed by atoms with Crippen LogP contribution in [0.25, 0.3) is 0 Å². The van der Waals surface area contributed by atoms with Crippen molar-refractivity contribution in [3.8, 4) is 0 Å². The van der Waals surface area contributed by atoms with E-state index in [-0.39, 0.29) is 11.5 Å². The zero-order chi connectivity index (χ0) is 15.3. The summed E-state index contributed by atoms with van der Waals surface area (Å²) in [6, 6.07) is 6.25. The minimum absolute atomic E-state index is 0.173. The fraction of sp³-hybridized carbons (Fsp3) is 0.650. The molecule has 6 aliphatic rings. The van der Waals surface area contributed by atoms with Crippen molar-refractivity contribution < 1.29 is 9.18 Å². The average Bonchev–Trinajstić information content (AvgIpc) is 3.26. The smallest absolute Gasteiger partial charge is 0.254 e. The first-order valence-electron chi connectivity index (χ1n) is 9.28. The molecule has 0 radical (unpaired) electrons. The first kappa shape index (κ1) is 13.0. The molecule has 6 bridgehead atoms. The normalized spacial score (nSPS) is 49.7. The van der Waals surface area contributed by atoms with Gasteiger partial charge in [-0.05, 0) is 84.7 Å². The maximum Gasteiger partial charge on any atom is 0.254 e. The van der Waals surface area contributed by atoms with E-state index in [9.17, 15) is 9.18 Å². The second kappa shape index (κ2) is 4.17. The summed E-state index contributed by atoms with van der Waals surface area (Å²) >= 11 is 0. The summed E-state index contributed by atoms with van der Waals surface area (Å²) in [6.07, 6.45) is 4.15. The molecule has 3 heteroatoms. The fourth-order valence-electron chi connectivity index (χ4n) is 8.29. The Kier molecular flexibility index (Phi) is 2.35. The Morgan fingerprint density at radius 1 is 1.00 bits per heavy atom. The highest BCUT2D eigenvalue weighted by Crippen LogP contribution is 2.84. The van der Waals surface area contributed by atoms with E-state index >= 15 is 0 Å². The molecule has 0 aromatic heterocycles. The van der Waals surface area contributed by atoms with Gasteiger partial charge in [0.1, 0.15) is 5.82 Å². The second-order valence-electron chi connectivity index (χ2n) is 8.62. The van der Waals surface area contributed by atoms with Crippen LogP contribution in [0.4, 0.5) is 4.39 Å². The van der Waals surface area contributed by atoms with Crippen LogP contribution in [0.5, 0.6) is 0 Å². The number of carbonyl (C=O) groups is 1. The lowest BCUT2D eigenvalue weighted by molar-refractivity contribution is 0.0946. The van der Waals surface area contributed by atoms with E-state index in [1.165, 1.54) is 18.9 Å². The van der Waals surface area contributed by atoms with Gasteiger partial charge < -0.3 is 5.32 Å². The standard InChI is InChI=1S/C20H22FNO/c21-15-4-2-1-3-9(15)20(23)22-6-5-10-16-13-7-11-12-8-14(18(11)16)17(10)19(12)13/h1-4,10-14,16-19H,5-8H2,(H,22,23). The molecule has 0 saturated heterocycles. The third-order valence-corrected chi connectivity index (χ3v) is 8.36. The Morgan fingerprint density at radius 3 is 2.30 bits per heavy atom. The second-order valence-corrected chi connectivity index (χ2v) is 8.62. The third kappa shape index (κ3) is 1.39. The Labute approximate surface area is 135 Å². The van der Waals surface area contributed by atoms with E-state index < -0.39 is 5.82 Å². The minimum atomic E-state index is -0.425. The van der Waals surface area contributed by atoms with Crippen molar-refractivity contribution in [3.05, 3.63) is 35.6 Å². The summed E-state index contributed by atoms with van der Waals surface area (Å²) in [4.78, 5) is 12.2. The SMILES string of the molecule is O=C(NCCC1C2C3CC4C5CC(C42)C1C53)c1ccccc1F. The molecule has 23 heavy (non-hydrogen) atoms. The van der Waals surface area contributed by atoms with Crippen molar-refractivity contribution in [2.75, 3.05) is 6.54 Å². The molecular weight excluding hydrogens is 289 g/mol. The van der Waals surface area contributed by atoms with E-state index in [1.807, 2.05) is 0 Å². The summed E-state index contributed by atoms with van der Waals surface area (Å²) in [5.41, 5.74) is 0.173. The van der Waals surface area contributed by atoms with Crippen LogP contribution in [-0.4, -0.2) is 12.5 Å². The van der Waals surface area contributed by atoms with E-state index in [4.69, 9.17) is 0 Å². The maximum atomic E-state index is 13.7. The number of hydrogen-bond donors (Lipinski definition) is 1. The van der Waals surface area contributed by atoms with Crippen LogP contribution in [0.15, 0.2) is 24.3 Å². The van der Waals surface area contributed by atoms with Gasteiger partial charge in [-0.25, -0.2) is 4.39 Å². The van der Waals surface area contributed by atoms with Crippen molar-refractivity contribution >= 4 is 5.91 Å². The van der Waals surface area contributed by atoms with Crippen LogP contribution in [0, 0.1) is 59.1 Å². The van der Waals surface area contributed by atoms with Crippen LogP contribution in [-0.2, 0) is 0 Å². The highest BCUT2D eigenvalue weighted by molar-refractivity contribution is 5.94. The Morgan fingerprint density at radius 2 is 1.65 bits per heavy atom. The number of carbonyl (C=O) groups excluding carboxylic acids is 1. The van der Waals surface area contributed by atoms with Crippen molar-refractivity contribution in [3.63, 3.8) is 0 Å². The van der Waals surface area contributed by atoms with Gasteiger partial charge in [0.15, 0.2) is 0 Å². The van der Waals surface area contributed by atoms with Gasteiger partial charge in [0.25, 0.3) is 5.91 Å². The van der Waals surface area contributed by atoms with Crippen molar-refractivity contribution in [2.24, 2.45) is 53.3 Å². The molecule has 7 rings (SSSR count). The third-order valence-electron chi connectivity index (χ3n) is 8.36. The molecule has 0 heterocycles. The van der Waals surface area contributed by atoms with E-state index in [0.29, 0.717) is 6.54 Å². The Balaban J connectivity index is 1.14. The quantitative estimate of drug-likeness (QED) is 0.908. The minimum Gasteiger partial charge on any atom is -0.352 e.